The fourth-order valence-electron chi connectivity index (χ4n) is 2.04. The predicted octanol–water partition coefficient (Wildman–Crippen LogP) is 1.49. The molecule has 6 heteroatoms. The second-order valence-electron chi connectivity index (χ2n) is 4.54. The van der Waals surface area contributed by atoms with Gasteiger partial charge < -0.3 is 15.3 Å². The van der Waals surface area contributed by atoms with Gasteiger partial charge in [-0.3, -0.25) is 9.59 Å². The SMILES string of the molecule is O=C(O)CCC(=O)Nc1ccc(N2CCCC2)nc1. The number of hydrogen-bond acceptors (Lipinski definition) is 4. The zero-order chi connectivity index (χ0) is 13.7. The molecule has 0 atom stereocenters. The quantitative estimate of drug-likeness (QED) is 0.841. The highest BCUT2D eigenvalue weighted by Gasteiger charge is 2.13. The number of carboxylic acid groups (broad SMARTS) is 1. The summed E-state index contributed by atoms with van der Waals surface area (Å²) in [6.45, 7) is 2.05. The number of carboxylic acids is 1. The van der Waals surface area contributed by atoms with Crippen molar-refractivity contribution in [3.8, 4) is 0 Å². The zero-order valence-electron chi connectivity index (χ0n) is 10.6. The van der Waals surface area contributed by atoms with E-state index in [0.29, 0.717) is 5.69 Å². The summed E-state index contributed by atoms with van der Waals surface area (Å²) in [5, 5.41) is 11.1. The van der Waals surface area contributed by atoms with Crippen molar-refractivity contribution < 1.29 is 14.7 Å². The Balaban J connectivity index is 1.87. The minimum atomic E-state index is -0.974. The van der Waals surface area contributed by atoms with E-state index in [4.69, 9.17) is 5.11 Å². The molecule has 0 spiro atoms. The maximum atomic E-state index is 11.4. The summed E-state index contributed by atoms with van der Waals surface area (Å²) in [5.41, 5.74) is 0.596. The number of rotatable bonds is 5. The fourth-order valence-corrected chi connectivity index (χ4v) is 2.04. The second kappa shape index (κ2) is 6.17. The van der Waals surface area contributed by atoms with Crippen LogP contribution in [0.4, 0.5) is 11.5 Å². The van der Waals surface area contributed by atoms with Gasteiger partial charge in [0.25, 0.3) is 0 Å². The maximum absolute atomic E-state index is 11.4. The summed E-state index contributed by atoms with van der Waals surface area (Å²) in [7, 11) is 0. The van der Waals surface area contributed by atoms with Gasteiger partial charge in [0.2, 0.25) is 5.91 Å². The molecule has 102 valence electrons. The first-order chi connectivity index (χ1) is 9.15. The Morgan fingerprint density at radius 2 is 2.00 bits per heavy atom. The number of carbonyl (C=O) groups excluding carboxylic acids is 1. The number of hydrogen-bond donors (Lipinski definition) is 2. The van der Waals surface area contributed by atoms with E-state index in [1.165, 1.54) is 12.8 Å². The second-order valence-corrected chi connectivity index (χ2v) is 4.54. The van der Waals surface area contributed by atoms with Crippen LogP contribution in [0.1, 0.15) is 25.7 Å². The molecule has 0 saturated carbocycles. The standard InChI is InChI=1S/C13H17N3O3/c17-12(5-6-13(18)19)15-10-3-4-11(14-9-10)16-7-1-2-8-16/h3-4,9H,1-2,5-8H2,(H,15,17)(H,18,19). The lowest BCUT2D eigenvalue weighted by molar-refractivity contribution is -0.138. The van der Waals surface area contributed by atoms with Crippen molar-refractivity contribution in [1.29, 1.82) is 0 Å². The van der Waals surface area contributed by atoms with Crippen LogP contribution in [0.3, 0.4) is 0 Å². The van der Waals surface area contributed by atoms with E-state index in [-0.39, 0.29) is 18.7 Å². The van der Waals surface area contributed by atoms with Gasteiger partial charge in [-0.1, -0.05) is 0 Å². The van der Waals surface area contributed by atoms with Crippen LogP contribution in [-0.2, 0) is 9.59 Å². The van der Waals surface area contributed by atoms with Crippen LogP contribution in [0.15, 0.2) is 18.3 Å². The third-order valence-corrected chi connectivity index (χ3v) is 3.03. The Hall–Kier alpha value is -2.11. The van der Waals surface area contributed by atoms with Gasteiger partial charge in [-0.05, 0) is 25.0 Å². The van der Waals surface area contributed by atoms with Crippen molar-refractivity contribution in [2.45, 2.75) is 25.7 Å². The van der Waals surface area contributed by atoms with E-state index >= 15 is 0 Å². The van der Waals surface area contributed by atoms with Gasteiger partial charge in [0, 0.05) is 19.5 Å². The first-order valence-electron chi connectivity index (χ1n) is 6.38. The van der Waals surface area contributed by atoms with Crippen LogP contribution < -0.4 is 10.2 Å². The van der Waals surface area contributed by atoms with E-state index in [1.807, 2.05) is 6.07 Å². The molecule has 2 heterocycles. The van der Waals surface area contributed by atoms with Crippen LogP contribution in [0.5, 0.6) is 0 Å². The van der Waals surface area contributed by atoms with E-state index in [0.717, 1.165) is 18.9 Å². The molecule has 6 nitrogen and oxygen atoms in total. The highest BCUT2D eigenvalue weighted by atomic mass is 16.4. The molecule has 0 radical (unpaired) electrons. The van der Waals surface area contributed by atoms with Gasteiger partial charge in [0.05, 0.1) is 18.3 Å². The van der Waals surface area contributed by atoms with E-state index < -0.39 is 5.97 Å². The maximum Gasteiger partial charge on any atom is 0.303 e. The number of carbonyl (C=O) groups is 2. The fraction of sp³-hybridized carbons (Fsp3) is 0.462. The molecular formula is C13H17N3O3. The van der Waals surface area contributed by atoms with Crippen molar-refractivity contribution >= 4 is 23.4 Å². The highest BCUT2D eigenvalue weighted by molar-refractivity contribution is 5.92. The minimum absolute atomic E-state index is 0.0246. The van der Waals surface area contributed by atoms with Crippen molar-refractivity contribution in [2.24, 2.45) is 0 Å². The third kappa shape index (κ3) is 3.94. The lowest BCUT2D eigenvalue weighted by atomic mass is 10.3. The predicted molar refractivity (Wildman–Crippen MR) is 71.2 cm³/mol. The average Bonchev–Trinajstić information content (AvgIpc) is 2.91. The van der Waals surface area contributed by atoms with Crippen LogP contribution in [0.25, 0.3) is 0 Å². The first kappa shape index (κ1) is 13.3. The van der Waals surface area contributed by atoms with Gasteiger partial charge in [-0.2, -0.15) is 0 Å². The van der Waals surface area contributed by atoms with Gasteiger partial charge >= 0.3 is 5.97 Å². The molecule has 1 aliphatic heterocycles. The minimum Gasteiger partial charge on any atom is -0.481 e. The topological polar surface area (TPSA) is 82.5 Å². The number of pyridine rings is 1. The van der Waals surface area contributed by atoms with E-state index in [9.17, 15) is 9.59 Å². The summed E-state index contributed by atoms with van der Waals surface area (Å²) in [6.07, 6.45) is 3.80. The largest absolute Gasteiger partial charge is 0.481 e. The van der Waals surface area contributed by atoms with Crippen molar-refractivity contribution in [3.63, 3.8) is 0 Å². The van der Waals surface area contributed by atoms with Crippen LogP contribution in [0.2, 0.25) is 0 Å². The molecule has 2 rings (SSSR count). The highest BCUT2D eigenvalue weighted by Crippen LogP contribution is 2.19. The number of amides is 1. The molecule has 1 aromatic heterocycles. The molecule has 1 aliphatic rings. The Bertz CT molecular complexity index is 453. The van der Waals surface area contributed by atoms with E-state index in [1.54, 1.807) is 12.3 Å². The monoisotopic (exact) mass is 263 g/mol. The Labute approximate surface area is 111 Å². The normalized spacial score (nSPS) is 14.4. The van der Waals surface area contributed by atoms with Crippen molar-refractivity contribution in [1.82, 2.24) is 4.98 Å². The van der Waals surface area contributed by atoms with Crippen LogP contribution in [0, 0.1) is 0 Å². The molecule has 0 unspecified atom stereocenters. The summed E-state index contributed by atoms with van der Waals surface area (Å²) >= 11 is 0. The Morgan fingerprint density at radius 3 is 2.58 bits per heavy atom. The molecule has 1 fully saturated rings. The third-order valence-electron chi connectivity index (χ3n) is 3.03. The zero-order valence-corrected chi connectivity index (χ0v) is 10.6. The molecule has 0 aliphatic carbocycles. The number of aromatic nitrogens is 1. The molecule has 1 saturated heterocycles. The summed E-state index contributed by atoms with van der Waals surface area (Å²) in [5.74, 6) is -0.364. The number of anilines is 2. The molecule has 0 aromatic carbocycles. The van der Waals surface area contributed by atoms with Gasteiger partial charge in [-0.25, -0.2) is 4.98 Å². The van der Waals surface area contributed by atoms with Crippen LogP contribution >= 0.6 is 0 Å². The molecule has 2 N–H and O–H groups in total. The molecule has 0 bridgehead atoms. The van der Waals surface area contributed by atoms with Gasteiger partial charge in [-0.15, -0.1) is 0 Å². The van der Waals surface area contributed by atoms with Crippen molar-refractivity contribution in [2.75, 3.05) is 23.3 Å². The first-order valence-corrected chi connectivity index (χ1v) is 6.38. The number of nitrogens with one attached hydrogen (secondary N) is 1. The smallest absolute Gasteiger partial charge is 0.303 e. The lowest BCUT2D eigenvalue weighted by Gasteiger charge is -2.16. The van der Waals surface area contributed by atoms with Gasteiger partial charge in [0.15, 0.2) is 0 Å². The Kier molecular flexibility index (Phi) is 4.33. The van der Waals surface area contributed by atoms with Crippen LogP contribution in [-0.4, -0.2) is 35.1 Å². The summed E-state index contributed by atoms with van der Waals surface area (Å²) in [6, 6.07) is 3.66. The Morgan fingerprint density at radius 1 is 1.26 bits per heavy atom. The molecule has 1 amide bonds. The average molecular weight is 263 g/mol. The summed E-state index contributed by atoms with van der Waals surface area (Å²) < 4.78 is 0. The van der Waals surface area contributed by atoms with E-state index in [2.05, 4.69) is 15.2 Å². The number of aliphatic carboxylic acids is 1. The summed E-state index contributed by atoms with van der Waals surface area (Å²) in [4.78, 5) is 28.3. The lowest BCUT2D eigenvalue weighted by Crippen LogP contribution is -2.19. The van der Waals surface area contributed by atoms with Crippen molar-refractivity contribution in [3.05, 3.63) is 18.3 Å². The molecule has 19 heavy (non-hydrogen) atoms. The number of nitrogens with zero attached hydrogens (tertiary/aromatic N) is 2. The molecular weight excluding hydrogens is 246 g/mol. The van der Waals surface area contributed by atoms with Gasteiger partial charge in [0.1, 0.15) is 5.82 Å². The molecule has 1 aromatic rings.